The molecule has 116 valence electrons. The van der Waals surface area contributed by atoms with Crippen molar-refractivity contribution in [2.45, 2.75) is 32.4 Å². The SMILES string of the molecule is CC1CCN(C[C@@H]2Cn3c(=O)ccc4ccc(=O)n2c43)CC1. The molecule has 0 aromatic carbocycles. The fourth-order valence-electron chi connectivity index (χ4n) is 3.83. The van der Waals surface area contributed by atoms with Crippen LogP contribution in [0.15, 0.2) is 33.9 Å². The first-order valence-corrected chi connectivity index (χ1v) is 8.11. The lowest BCUT2D eigenvalue weighted by atomic mass is 9.99. The number of rotatable bonds is 2. The van der Waals surface area contributed by atoms with Gasteiger partial charge in [-0.1, -0.05) is 6.92 Å². The molecule has 0 N–H and O–H groups in total. The van der Waals surface area contributed by atoms with Crippen molar-refractivity contribution in [1.29, 1.82) is 0 Å². The molecular weight excluding hydrogens is 278 g/mol. The summed E-state index contributed by atoms with van der Waals surface area (Å²) >= 11 is 0. The third-order valence-corrected chi connectivity index (χ3v) is 5.16. The Kier molecular flexibility index (Phi) is 3.18. The molecule has 0 aliphatic carbocycles. The molecule has 0 radical (unpaired) electrons. The van der Waals surface area contributed by atoms with E-state index in [1.807, 2.05) is 16.7 Å². The Labute approximate surface area is 128 Å². The van der Waals surface area contributed by atoms with Crippen molar-refractivity contribution in [2.75, 3.05) is 19.6 Å². The van der Waals surface area contributed by atoms with Crippen LogP contribution in [-0.4, -0.2) is 33.7 Å². The fourth-order valence-corrected chi connectivity index (χ4v) is 3.83. The van der Waals surface area contributed by atoms with Gasteiger partial charge in [0, 0.05) is 30.6 Å². The average Bonchev–Trinajstić information content (AvgIpc) is 2.89. The highest BCUT2D eigenvalue weighted by Crippen LogP contribution is 2.25. The molecule has 2 aliphatic heterocycles. The number of pyridine rings is 2. The lowest BCUT2D eigenvalue weighted by molar-refractivity contribution is 0.167. The highest BCUT2D eigenvalue weighted by molar-refractivity contribution is 5.76. The third kappa shape index (κ3) is 2.11. The van der Waals surface area contributed by atoms with Crippen LogP contribution in [-0.2, 0) is 6.54 Å². The van der Waals surface area contributed by atoms with Gasteiger partial charge in [-0.2, -0.15) is 0 Å². The Balaban J connectivity index is 1.71. The van der Waals surface area contributed by atoms with E-state index in [9.17, 15) is 9.59 Å². The Bertz CT molecular complexity index is 823. The predicted molar refractivity (Wildman–Crippen MR) is 86.3 cm³/mol. The Morgan fingerprint density at radius 1 is 1.05 bits per heavy atom. The molecule has 2 aromatic rings. The summed E-state index contributed by atoms with van der Waals surface area (Å²) in [4.78, 5) is 26.9. The zero-order valence-corrected chi connectivity index (χ0v) is 12.9. The van der Waals surface area contributed by atoms with Crippen LogP contribution >= 0.6 is 0 Å². The average molecular weight is 299 g/mol. The van der Waals surface area contributed by atoms with Crippen molar-refractivity contribution in [3.63, 3.8) is 0 Å². The van der Waals surface area contributed by atoms with E-state index >= 15 is 0 Å². The van der Waals surface area contributed by atoms with E-state index in [1.54, 1.807) is 16.7 Å². The van der Waals surface area contributed by atoms with E-state index in [0.717, 1.165) is 36.6 Å². The predicted octanol–water partition coefficient (Wildman–Crippen LogP) is 1.45. The Morgan fingerprint density at radius 3 is 2.45 bits per heavy atom. The number of hydrogen-bond donors (Lipinski definition) is 0. The zero-order valence-electron chi connectivity index (χ0n) is 12.9. The molecule has 5 nitrogen and oxygen atoms in total. The largest absolute Gasteiger partial charge is 0.301 e. The number of aromatic nitrogens is 2. The normalized spacial score (nSPS) is 22.5. The van der Waals surface area contributed by atoms with E-state index in [2.05, 4.69) is 11.8 Å². The van der Waals surface area contributed by atoms with Gasteiger partial charge in [0.05, 0.1) is 6.04 Å². The first kappa shape index (κ1) is 13.8. The standard InChI is InChI=1S/C17H21N3O2/c1-12-6-8-18(9-7-12)10-14-11-19-15(21)4-2-13-3-5-16(22)20(14)17(13)19/h2-5,12,14H,6-11H2,1H3/t14-/m1/s1. The molecule has 4 heterocycles. The van der Waals surface area contributed by atoms with Gasteiger partial charge in [0.15, 0.2) is 0 Å². The highest BCUT2D eigenvalue weighted by Gasteiger charge is 2.28. The van der Waals surface area contributed by atoms with Gasteiger partial charge < -0.3 is 4.90 Å². The molecule has 0 unspecified atom stereocenters. The molecule has 1 saturated heterocycles. The van der Waals surface area contributed by atoms with Crippen LogP contribution < -0.4 is 11.1 Å². The molecule has 4 rings (SSSR count). The van der Waals surface area contributed by atoms with Crippen molar-refractivity contribution in [3.8, 4) is 0 Å². The summed E-state index contributed by atoms with van der Waals surface area (Å²) in [6.07, 6.45) is 2.44. The van der Waals surface area contributed by atoms with Crippen LogP contribution in [0.3, 0.4) is 0 Å². The van der Waals surface area contributed by atoms with Crippen molar-refractivity contribution < 1.29 is 0 Å². The first-order valence-electron chi connectivity index (χ1n) is 8.11. The van der Waals surface area contributed by atoms with Crippen molar-refractivity contribution in [3.05, 3.63) is 45.0 Å². The Hall–Kier alpha value is -1.88. The second kappa shape index (κ2) is 5.09. The summed E-state index contributed by atoms with van der Waals surface area (Å²) in [6.45, 7) is 5.95. The van der Waals surface area contributed by atoms with Gasteiger partial charge in [-0.05, 0) is 44.0 Å². The van der Waals surface area contributed by atoms with Crippen LogP contribution in [0.4, 0.5) is 0 Å². The maximum Gasteiger partial charge on any atom is 0.252 e. The summed E-state index contributed by atoms with van der Waals surface area (Å²) in [7, 11) is 0. The monoisotopic (exact) mass is 299 g/mol. The number of likely N-dealkylation sites (tertiary alicyclic amines) is 1. The van der Waals surface area contributed by atoms with E-state index in [4.69, 9.17) is 0 Å². The molecule has 1 atom stereocenters. The molecular formula is C17H21N3O2. The summed E-state index contributed by atoms with van der Waals surface area (Å²) in [5.41, 5.74) is 0.775. The molecule has 5 heteroatoms. The van der Waals surface area contributed by atoms with Gasteiger partial charge in [-0.15, -0.1) is 0 Å². The maximum atomic E-state index is 12.3. The molecule has 1 fully saturated rings. The van der Waals surface area contributed by atoms with E-state index < -0.39 is 0 Å². The Morgan fingerprint density at radius 2 is 1.73 bits per heavy atom. The molecule has 2 aliphatic rings. The zero-order chi connectivity index (χ0) is 15.3. The maximum absolute atomic E-state index is 12.3. The smallest absolute Gasteiger partial charge is 0.252 e. The second-order valence-corrected chi connectivity index (χ2v) is 6.74. The van der Waals surface area contributed by atoms with E-state index in [1.165, 1.54) is 12.8 Å². The highest BCUT2D eigenvalue weighted by atomic mass is 16.1. The van der Waals surface area contributed by atoms with Crippen molar-refractivity contribution >= 4 is 11.0 Å². The first-order chi connectivity index (χ1) is 10.6. The number of hydrogen-bond acceptors (Lipinski definition) is 3. The summed E-state index contributed by atoms with van der Waals surface area (Å²) in [5.74, 6) is 0.797. The minimum absolute atomic E-state index is 0.000252. The van der Waals surface area contributed by atoms with Crippen LogP contribution in [0.1, 0.15) is 25.8 Å². The van der Waals surface area contributed by atoms with E-state index in [0.29, 0.717) is 6.54 Å². The summed E-state index contributed by atoms with van der Waals surface area (Å²) < 4.78 is 3.59. The number of piperidine rings is 1. The number of nitrogens with zero attached hydrogens (tertiary/aromatic N) is 3. The summed E-state index contributed by atoms with van der Waals surface area (Å²) in [6, 6.07) is 6.92. The van der Waals surface area contributed by atoms with Crippen LogP contribution in [0.5, 0.6) is 0 Å². The third-order valence-electron chi connectivity index (χ3n) is 5.16. The quantitative estimate of drug-likeness (QED) is 0.843. The minimum atomic E-state index is -0.0124. The van der Waals surface area contributed by atoms with E-state index in [-0.39, 0.29) is 17.2 Å². The lowest BCUT2D eigenvalue weighted by Crippen LogP contribution is -2.38. The summed E-state index contributed by atoms with van der Waals surface area (Å²) in [5, 5.41) is 0.967. The van der Waals surface area contributed by atoms with Crippen molar-refractivity contribution in [2.24, 2.45) is 5.92 Å². The molecule has 0 saturated carbocycles. The van der Waals surface area contributed by atoms with Crippen LogP contribution in [0.2, 0.25) is 0 Å². The lowest BCUT2D eigenvalue weighted by Gasteiger charge is -2.32. The molecule has 2 aromatic heterocycles. The van der Waals surface area contributed by atoms with Gasteiger partial charge in [0.25, 0.3) is 11.1 Å². The molecule has 0 bridgehead atoms. The van der Waals surface area contributed by atoms with Crippen LogP contribution in [0, 0.1) is 5.92 Å². The second-order valence-electron chi connectivity index (χ2n) is 6.74. The van der Waals surface area contributed by atoms with Gasteiger partial charge in [0.2, 0.25) is 0 Å². The van der Waals surface area contributed by atoms with Gasteiger partial charge in [0.1, 0.15) is 5.65 Å². The minimum Gasteiger partial charge on any atom is -0.301 e. The van der Waals surface area contributed by atoms with Crippen LogP contribution in [0.25, 0.3) is 11.0 Å². The fraction of sp³-hybridized carbons (Fsp3) is 0.529. The van der Waals surface area contributed by atoms with Gasteiger partial charge in [-0.3, -0.25) is 18.7 Å². The molecule has 0 spiro atoms. The van der Waals surface area contributed by atoms with Crippen molar-refractivity contribution in [1.82, 2.24) is 14.0 Å². The topological polar surface area (TPSA) is 47.2 Å². The molecule has 0 amide bonds. The van der Waals surface area contributed by atoms with Gasteiger partial charge in [-0.25, -0.2) is 0 Å². The van der Waals surface area contributed by atoms with Gasteiger partial charge >= 0.3 is 0 Å². The molecule has 22 heavy (non-hydrogen) atoms.